The smallest absolute Gasteiger partial charge is 0.264 e. The van der Waals surface area contributed by atoms with Crippen LogP contribution in [0.5, 0.6) is 0 Å². The Hall–Kier alpha value is -8.38. The van der Waals surface area contributed by atoms with E-state index < -0.39 is 29.7 Å². The van der Waals surface area contributed by atoms with Gasteiger partial charge in [-0.3, -0.25) is 48.6 Å². The van der Waals surface area contributed by atoms with Gasteiger partial charge in [-0.25, -0.2) is 19.9 Å². The summed E-state index contributed by atoms with van der Waals surface area (Å²) in [6.07, 6.45) is 9.70. The topological polar surface area (TPSA) is 246 Å². The monoisotopic (exact) mass is 1120 g/mol. The average Bonchev–Trinajstić information content (AvgIpc) is 4.17. The number of nitrogen functional groups attached to an aromatic ring is 1. The number of imide groups is 2. The Morgan fingerprint density at radius 1 is 0.863 bits per heavy atom. The first-order valence-electron chi connectivity index (χ1n) is 26.9. The van der Waals surface area contributed by atoms with Crippen molar-refractivity contribution in [3.63, 3.8) is 0 Å². The quantitative estimate of drug-likeness (QED) is 0.0635. The van der Waals surface area contributed by atoms with Crippen LogP contribution < -0.4 is 31.9 Å². The average molecular weight is 1120 g/mol. The number of amides is 5. The molecule has 6 N–H and O–H groups in total. The first-order chi connectivity index (χ1) is 38.8. The minimum absolute atomic E-state index is 0.0136. The van der Waals surface area contributed by atoms with Gasteiger partial charge in [0.15, 0.2) is 5.65 Å². The van der Waals surface area contributed by atoms with Gasteiger partial charge in [-0.15, -0.1) is 0 Å². The van der Waals surface area contributed by atoms with E-state index in [1.54, 1.807) is 36.7 Å². The molecular formula is C58H59Cl2N15O5. The molecule has 11 rings (SSSR count). The Bertz CT molecular complexity index is 3530. The number of fused-ring (bicyclic) bond motifs is 2. The van der Waals surface area contributed by atoms with Crippen LogP contribution in [0.4, 0.5) is 23.0 Å². The van der Waals surface area contributed by atoms with Gasteiger partial charge in [0.1, 0.15) is 29.0 Å². The van der Waals surface area contributed by atoms with E-state index in [0.717, 1.165) is 115 Å². The number of nitrogens with one attached hydrogen (secondary N) is 2. The van der Waals surface area contributed by atoms with E-state index in [4.69, 9.17) is 54.6 Å². The molecule has 9 heterocycles. The molecule has 4 fully saturated rings. The molecule has 2 aromatic carbocycles. The lowest BCUT2D eigenvalue weighted by molar-refractivity contribution is -0.137. The number of pyridine rings is 3. The lowest BCUT2D eigenvalue weighted by Crippen LogP contribution is -2.54. The van der Waals surface area contributed by atoms with Gasteiger partial charge in [0.05, 0.1) is 50.8 Å². The number of hydrogen-bond acceptors (Lipinski definition) is 16. The Labute approximate surface area is 472 Å². The second-order valence-corrected chi connectivity index (χ2v) is 21.4. The van der Waals surface area contributed by atoms with E-state index in [1.165, 1.54) is 6.20 Å². The number of piperazine rings is 1. The molecular weight excluding hydrogens is 1060 g/mol. The predicted molar refractivity (Wildman–Crippen MR) is 308 cm³/mol. The number of aryl methyl sites for hydroxylation is 1. The number of imidazole rings is 1. The Kier molecular flexibility index (Phi) is 15.5. The number of aromatic nitrogens is 5. The number of benzene rings is 2. The van der Waals surface area contributed by atoms with E-state index in [-0.39, 0.29) is 48.4 Å². The van der Waals surface area contributed by atoms with Gasteiger partial charge in [-0.2, -0.15) is 0 Å². The van der Waals surface area contributed by atoms with Crippen molar-refractivity contribution in [1.82, 2.24) is 44.5 Å². The van der Waals surface area contributed by atoms with Gasteiger partial charge >= 0.3 is 0 Å². The highest BCUT2D eigenvalue weighted by molar-refractivity contribution is 6.39. The van der Waals surface area contributed by atoms with E-state index in [2.05, 4.69) is 42.2 Å². The van der Waals surface area contributed by atoms with Crippen LogP contribution in [-0.4, -0.2) is 152 Å². The van der Waals surface area contributed by atoms with Crippen LogP contribution in [0.25, 0.3) is 28.1 Å². The zero-order valence-corrected chi connectivity index (χ0v) is 45.6. The van der Waals surface area contributed by atoms with Crippen LogP contribution in [-0.2, 0) is 14.4 Å². The van der Waals surface area contributed by atoms with Crippen LogP contribution in [0, 0.1) is 24.7 Å². The summed E-state index contributed by atoms with van der Waals surface area (Å²) in [6.45, 7) is 8.57. The Balaban J connectivity index is 0.607. The van der Waals surface area contributed by atoms with Crippen molar-refractivity contribution in [2.75, 3.05) is 86.3 Å². The van der Waals surface area contributed by atoms with Crippen molar-refractivity contribution < 1.29 is 24.0 Å². The highest BCUT2D eigenvalue weighted by Crippen LogP contribution is 2.39. The van der Waals surface area contributed by atoms with Crippen LogP contribution in [0.3, 0.4) is 0 Å². The van der Waals surface area contributed by atoms with Crippen molar-refractivity contribution in [3.8, 4) is 28.8 Å². The summed E-state index contributed by atoms with van der Waals surface area (Å²) < 4.78 is 1.96. The number of anilines is 4. The molecule has 5 aliphatic heterocycles. The molecule has 0 bridgehead atoms. The van der Waals surface area contributed by atoms with Crippen LogP contribution >= 0.6 is 23.2 Å². The highest BCUT2D eigenvalue weighted by Gasteiger charge is 2.45. The molecule has 5 aliphatic rings. The molecule has 80 heavy (non-hydrogen) atoms. The fourth-order valence-electron chi connectivity index (χ4n) is 11.2. The summed E-state index contributed by atoms with van der Waals surface area (Å²) in [7, 11) is 0. The number of aliphatic imine (C=N–C) groups is 1. The third kappa shape index (κ3) is 11.1. The third-order valence-corrected chi connectivity index (χ3v) is 16.1. The van der Waals surface area contributed by atoms with Gasteiger partial charge in [-0.1, -0.05) is 41.1 Å². The summed E-state index contributed by atoms with van der Waals surface area (Å²) in [5.41, 5.74) is 18.9. The molecule has 1 unspecified atom stereocenters. The van der Waals surface area contributed by atoms with Gasteiger partial charge in [-0.05, 0) is 99.7 Å². The predicted octanol–water partition coefficient (Wildman–Crippen LogP) is 5.88. The van der Waals surface area contributed by atoms with E-state index in [1.807, 2.05) is 65.1 Å². The molecule has 20 nitrogen and oxygen atoms in total. The Morgan fingerprint density at radius 2 is 1.64 bits per heavy atom. The molecule has 0 spiro atoms. The van der Waals surface area contributed by atoms with Crippen LogP contribution in [0.2, 0.25) is 10.0 Å². The van der Waals surface area contributed by atoms with E-state index in [9.17, 15) is 24.0 Å². The molecule has 22 heteroatoms. The molecule has 0 saturated carbocycles. The summed E-state index contributed by atoms with van der Waals surface area (Å²) in [6, 6.07) is 19.3. The summed E-state index contributed by atoms with van der Waals surface area (Å²) in [5, 5.41) is 6.54. The first kappa shape index (κ1) is 53.6. The number of carbonyl (C=O) groups excluding carboxylic acids is 5. The zero-order chi connectivity index (χ0) is 55.6. The molecule has 4 saturated heterocycles. The maximum atomic E-state index is 13.7. The van der Waals surface area contributed by atoms with Crippen LogP contribution in [0.15, 0.2) is 95.9 Å². The minimum atomic E-state index is -1.05. The molecule has 4 aromatic heterocycles. The van der Waals surface area contributed by atoms with Crippen molar-refractivity contribution in [2.24, 2.45) is 16.6 Å². The number of hydrogen-bond donors (Lipinski definition) is 4. The normalized spacial score (nSPS) is 18.7. The van der Waals surface area contributed by atoms with E-state index in [0.29, 0.717) is 52.4 Å². The molecule has 6 aromatic rings. The fraction of sp³-hybridized carbons (Fsp3) is 0.345. The number of rotatable bonds is 12. The molecule has 0 radical (unpaired) electrons. The summed E-state index contributed by atoms with van der Waals surface area (Å²) >= 11 is 14.0. The van der Waals surface area contributed by atoms with Gasteiger partial charge in [0, 0.05) is 118 Å². The number of nitrogens with zero attached hydrogens (tertiary/aromatic N) is 11. The second-order valence-electron chi connectivity index (χ2n) is 20.6. The maximum Gasteiger partial charge on any atom is 0.264 e. The number of nitrogens with two attached hydrogens (primary N) is 2. The largest absolute Gasteiger partial charge is 0.404 e. The zero-order valence-electron chi connectivity index (χ0n) is 44.1. The lowest BCUT2D eigenvalue weighted by atomic mass is 9.94. The van der Waals surface area contributed by atoms with Crippen molar-refractivity contribution in [2.45, 2.75) is 57.5 Å². The van der Waals surface area contributed by atoms with Gasteiger partial charge in [0.25, 0.3) is 11.8 Å². The third-order valence-electron chi connectivity index (χ3n) is 15.5. The van der Waals surface area contributed by atoms with Gasteiger partial charge in [0.2, 0.25) is 17.7 Å². The Morgan fingerprint density at radius 3 is 2.35 bits per heavy atom. The molecule has 0 aliphatic carbocycles. The van der Waals surface area contributed by atoms with E-state index >= 15 is 0 Å². The summed E-state index contributed by atoms with van der Waals surface area (Å²) in [5.74, 6) is 6.57. The lowest BCUT2D eigenvalue weighted by Gasteiger charge is -2.37. The number of halogens is 2. The minimum Gasteiger partial charge on any atom is -0.404 e. The standard InChI is InChI=1S/C58H59Cl2N15O5/c1-35-67-47-9-8-45(39-13-18-63-49(62)28-39)68-54(47)74(35)41-29-43(59)53(44(60)30-41)72-26-24-70(25-27-72)19-3-4-36-7-11-50(66-32-36)71-20-14-38(15-21-71)56(78)73-22-16-40(17-23-73)64-33-37(31-61)34-65-46-6-2-5-42-52(46)58(80)75(57(42)79)48-10-12-51(76)69-55(48)77/h2,5-9,11,13,18,28-33,38,40,48,65H,10,12,14-17,19-27,34,61H2,1H3,(H2,62,63)(H,69,76,77). The maximum absolute atomic E-state index is 13.7. The molecule has 1 atom stereocenters. The van der Waals surface area contributed by atoms with Gasteiger partial charge < -0.3 is 31.5 Å². The SMILES string of the molecule is Cc1nc2ccc(-c3ccnc(N)c3)nc2n1-c1cc(Cl)c(N2CCN(CC#Cc3ccc(N4CCC(C(=O)N5CCC(N=CC(=CN)CNc6cccc7c6C(=O)N(C6CCC(=O)NC6=O)C7=O)CC5)CC4)nc3)CC2)c(Cl)c1. The number of piperidine rings is 3. The van der Waals surface area contributed by atoms with Crippen molar-refractivity contribution in [3.05, 3.63) is 123 Å². The number of carbonyl (C=O) groups is 5. The number of likely N-dealkylation sites (tertiary alicyclic amines) is 1. The molecule has 5 amide bonds. The van der Waals surface area contributed by atoms with Crippen molar-refractivity contribution in [1.29, 1.82) is 0 Å². The summed E-state index contributed by atoms with van der Waals surface area (Å²) in [4.78, 5) is 97.8. The first-order valence-corrected chi connectivity index (χ1v) is 27.6. The van der Waals surface area contributed by atoms with Crippen molar-refractivity contribution >= 4 is 93.1 Å². The molecule has 410 valence electrons. The van der Waals surface area contributed by atoms with Crippen LogP contribution in [0.1, 0.15) is 70.6 Å². The second kappa shape index (κ2) is 23.1. The fourth-order valence-corrected chi connectivity index (χ4v) is 11.9. The highest BCUT2D eigenvalue weighted by atomic mass is 35.5.